The summed E-state index contributed by atoms with van der Waals surface area (Å²) >= 11 is 0. The molecule has 1 rings (SSSR count). The average Bonchev–Trinajstić information content (AvgIpc) is 2.43. The van der Waals surface area contributed by atoms with Gasteiger partial charge in [-0.25, -0.2) is 4.79 Å². The quantitative estimate of drug-likeness (QED) is 0.409. The van der Waals surface area contributed by atoms with Gasteiger partial charge in [-0.2, -0.15) is 0 Å². The van der Waals surface area contributed by atoms with Crippen LogP contribution in [0.4, 0.5) is 0 Å². The highest BCUT2D eigenvalue weighted by molar-refractivity contribution is 5.93. The lowest BCUT2D eigenvalue weighted by atomic mass is 10.1. The highest BCUT2D eigenvalue weighted by Crippen LogP contribution is 2.09. The first kappa shape index (κ1) is 15.4. The molecule has 0 saturated heterocycles. The number of hydrogen-bond acceptors (Lipinski definition) is 3. The fraction of sp³-hybridized carbons (Fsp3) is 0.438. The van der Waals surface area contributed by atoms with Crippen LogP contribution in [0.15, 0.2) is 35.9 Å². The molecular formula is C16H22O3. The van der Waals surface area contributed by atoms with Crippen LogP contribution in [0.1, 0.15) is 32.3 Å². The maximum Gasteiger partial charge on any atom is 0.336 e. The van der Waals surface area contributed by atoms with Gasteiger partial charge < -0.3 is 9.47 Å². The van der Waals surface area contributed by atoms with Crippen LogP contribution >= 0.6 is 0 Å². The van der Waals surface area contributed by atoms with Gasteiger partial charge in [0.15, 0.2) is 0 Å². The van der Waals surface area contributed by atoms with Gasteiger partial charge in [-0.1, -0.05) is 43.7 Å². The zero-order valence-corrected chi connectivity index (χ0v) is 11.7. The van der Waals surface area contributed by atoms with E-state index in [1.165, 1.54) is 0 Å². The van der Waals surface area contributed by atoms with Crippen LogP contribution in [0.3, 0.4) is 0 Å². The number of rotatable bonds is 8. The second-order valence-corrected chi connectivity index (χ2v) is 4.21. The van der Waals surface area contributed by atoms with Crippen molar-refractivity contribution in [2.75, 3.05) is 19.8 Å². The van der Waals surface area contributed by atoms with E-state index in [2.05, 4.69) is 6.92 Å². The van der Waals surface area contributed by atoms with Crippen LogP contribution in [0.2, 0.25) is 0 Å². The van der Waals surface area contributed by atoms with Gasteiger partial charge in [-0.15, -0.1) is 0 Å². The molecule has 3 heteroatoms. The Hall–Kier alpha value is -1.61. The maximum atomic E-state index is 11.8. The van der Waals surface area contributed by atoms with Crippen LogP contribution < -0.4 is 0 Å². The van der Waals surface area contributed by atoms with Crippen LogP contribution in [-0.2, 0) is 14.3 Å². The van der Waals surface area contributed by atoms with E-state index in [4.69, 9.17) is 9.47 Å². The molecule has 19 heavy (non-hydrogen) atoms. The van der Waals surface area contributed by atoms with Crippen LogP contribution in [0, 0.1) is 0 Å². The van der Waals surface area contributed by atoms with E-state index in [9.17, 15) is 4.79 Å². The predicted octanol–water partition coefficient (Wildman–Crippen LogP) is 3.45. The largest absolute Gasteiger partial charge is 0.463 e. The molecule has 0 heterocycles. The molecule has 0 radical (unpaired) electrons. The Labute approximate surface area is 115 Å². The number of benzene rings is 1. The normalized spacial score (nSPS) is 11.4. The van der Waals surface area contributed by atoms with E-state index < -0.39 is 0 Å². The maximum absolute atomic E-state index is 11.8. The number of unbranched alkanes of at least 4 members (excludes halogenated alkanes) is 1. The third-order valence-electron chi connectivity index (χ3n) is 2.58. The van der Waals surface area contributed by atoms with Gasteiger partial charge >= 0.3 is 5.97 Å². The Bertz CT molecular complexity index is 396. The number of carbonyl (C=O) groups is 1. The van der Waals surface area contributed by atoms with E-state index in [0.29, 0.717) is 25.4 Å². The van der Waals surface area contributed by atoms with Gasteiger partial charge in [0.1, 0.15) is 0 Å². The van der Waals surface area contributed by atoms with Crippen molar-refractivity contribution < 1.29 is 14.3 Å². The lowest BCUT2D eigenvalue weighted by Gasteiger charge is -2.08. The van der Waals surface area contributed by atoms with Gasteiger partial charge in [0, 0.05) is 6.61 Å². The van der Waals surface area contributed by atoms with Crippen molar-refractivity contribution in [3.05, 3.63) is 41.5 Å². The molecule has 0 aromatic heterocycles. The van der Waals surface area contributed by atoms with E-state index in [-0.39, 0.29) is 5.97 Å². The summed E-state index contributed by atoms with van der Waals surface area (Å²) in [5, 5.41) is 0. The van der Waals surface area contributed by atoms with E-state index in [1.54, 1.807) is 6.92 Å². The molecule has 0 fully saturated rings. The molecule has 0 bridgehead atoms. The smallest absolute Gasteiger partial charge is 0.336 e. The van der Waals surface area contributed by atoms with Crippen LogP contribution in [0.5, 0.6) is 0 Å². The van der Waals surface area contributed by atoms with Crippen molar-refractivity contribution in [3.8, 4) is 0 Å². The van der Waals surface area contributed by atoms with Crippen molar-refractivity contribution in [1.82, 2.24) is 0 Å². The molecule has 0 N–H and O–H groups in total. The summed E-state index contributed by atoms with van der Waals surface area (Å²) in [6.45, 7) is 5.25. The summed E-state index contributed by atoms with van der Waals surface area (Å²) in [6.07, 6.45) is 3.91. The van der Waals surface area contributed by atoms with Gasteiger partial charge in [-0.3, -0.25) is 0 Å². The Morgan fingerprint density at radius 2 is 1.95 bits per heavy atom. The first-order chi connectivity index (χ1) is 9.27. The van der Waals surface area contributed by atoms with Crippen molar-refractivity contribution in [2.24, 2.45) is 0 Å². The van der Waals surface area contributed by atoms with Gasteiger partial charge in [0.25, 0.3) is 0 Å². The molecule has 3 nitrogen and oxygen atoms in total. The van der Waals surface area contributed by atoms with Crippen molar-refractivity contribution >= 4 is 12.0 Å². The third-order valence-corrected chi connectivity index (χ3v) is 2.58. The highest BCUT2D eigenvalue weighted by atomic mass is 16.5. The molecule has 1 aromatic rings. The van der Waals surface area contributed by atoms with E-state index in [1.807, 2.05) is 36.4 Å². The molecule has 0 unspecified atom stereocenters. The minimum Gasteiger partial charge on any atom is -0.463 e. The summed E-state index contributed by atoms with van der Waals surface area (Å²) < 4.78 is 10.6. The zero-order chi connectivity index (χ0) is 13.9. The molecule has 0 aliphatic heterocycles. The third kappa shape index (κ3) is 6.20. The summed E-state index contributed by atoms with van der Waals surface area (Å²) in [5.41, 5.74) is 1.54. The summed E-state index contributed by atoms with van der Waals surface area (Å²) in [4.78, 5) is 11.8. The number of esters is 1. The molecule has 0 atom stereocenters. The second kappa shape index (κ2) is 9.34. The molecule has 0 aliphatic rings. The molecule has 0 spiro atoms. The van der Waals surface area contributed by atoms with E-state index >= 15 is 0 Å². The van der Waals surface area contributed by atoms with Crippen LogP contribution in [0.25, 0.3) is 6.08 Å². The lowest BCUT2D eigenvalue weighted by Crippen LogP contribution is -2.13. The molecule has 0 aliphatic carbocycles. The fourth-order valence-corrected chi connectivity index (χ4v) is 1.56. The molecule has 0 saturated carbocycles. The first-order valence-electron chi connectivity index (χ1n) is 6.78. The Morgan fingerprint density at radius 3 is 2.58 bits per heavy atom. The number of carbonyl (C=O) groups excluding carboxylic acids is 1. The second-order valence-electron chi connectivity index (χ2n) is 4.21. The predicted molar refractivity (Wildman–Crippen MR) is 76.8 cm³/mol. The van der Waals surface area contributed by atoms with Crippen molar-refractivity contribution in [3.63, 3.8) is 0 Å². The number of hydrogen-bond donors (Lipinski definition) is 0. The van der Waals surface area contributed by atoms with E-state index in [0.717, 1.165) is 18.4 Å². The summed E-state index contributed by atoms with van der Waals surface area (Å²) in [7, 11) is 0. The summed E-state index contributed by atoms with van der Waals surface area (Å²) in [5.74, 6) is -0.303. The fourth-order valence-electron chi connectivity index (χ4n) is 1.56. The number of ether oxygens (including phenoxy) is 2. The first-order valence-corrected chi connectivity index (χ1v) is 6.78. The van der Waals surface area contributed by atoms with Gasteiger partial charge in [-0.05, 0) is 25.0 Å². The molecule has 104 valence electrons. The summed E-state index contributed by atoms with van der Waals surface area (Å²) in [6, 6.07) is 9.72. The van der Waals surface area contributed by atoms with Crippen molar-refractivity contribution in [1.29, 1.82) is 0 Å². The molecule has 0 amide bonds. The molecule has 1 aromatic carbocycles. The average molecular weight is 262 g/mol. The lowest BCUT2D eigenvalue weighted by molar-refractivity contribution is -0.139. The van der Waals surface area contributed by atoms with Crippen LogP contribution in [-0.4, -0.2) is 25.8 Å². The Kier molecular flexibility index (Phi) is 7.59. The Morgan fingerprint density at radius 1 is 1.21 bits per heavy atom. The minimum atomic E-state index is -0.303. The standard InChI is InChI=1S/C16H22O3/c1-3-5-11-18-13-15(16(17)19-4-2)12-14-9-7-6-8-10-14/h6-10,12H,3-5,11,13H2,1-2H3. The minimum absolute atomic E-state index is 0.299. The SMILES string of the molecule is CCCCOCC(=Cc1ccccc1)C(=O)OCC. The molecular weight excluding hydrogens is 240 g/mol. The van der Waals surface area contributed by atoms with Gasteiger partial charge in [0.05, 0.1) is 18.8 Å². The van der Waals surface area contributed by atoms with Gasteiger partial charge in [0.2, 0.25) is 0 Å². The highest BCUT2D eigenvalue weighted by Gasteiger charge is 2.10. The van der Waals surface area contributed by atoms with Crippen molar-refractivity contribution in [2.45, 2.75) is 26.7 Å². The zero-order valence-electron chi connectivity index (χ0n) is 11.7. The Balaban J connectivity index is 2.68. The monoisotopic (exact) mass is 262 g/mol. The topological polar surface area (TPSA) is 35.5 Å².